The Bertz CT molecular complexity index is 412. The lowest BCUT2D eigenvalue weighted by Crippen LogP contribution is -2.28. The first-order valence-electron chi connectivity index (χ1n) is 7.25. The Labute approximate surface area is 115 Å². The van der Waals surface area contributed by atoms with Gasteiger partial charge in [-0.1, -0.05) is 6.92 Å². The maximum absolute atomic E-state index is 12.0. The summed E-state index contributed by atoms with van der Waals surface area (Å²) >= 11 is 0. The quantitative estimate of drug-likeness (QED) is 0.688. The maximum atomic E-state index is 12.0. The summed E-state index contributed by atoms with van der Waals surface area (Å²) < 4.78 is 1.55. The van der Waals surface area contributed by atoms with Crippen molar-refractivity contribution >= 4 is 5.69 Å². The fourth-order valence-corrected chi connectivity index (χ4v) is 2.04. The van der Waals surface area contributed by atoms with Crippen LogP contribution in [0.1, 0.15) is 33.6 Å². The zero-order chi connectivity index (χ0) is 14.1. The molecule has 0 fully saturated rings. The lowest BCUT2D eigenvalue weighted by molar-refractivity contribution is 0.518. The molecule has 0 aliphatic rings. The summed E-state index contributed by atoms with van der Waals surface area (Å²) in [5, 5.41) is 7.53. The fourth-order valence-electron chi connectivity index (χ4n) is 2.04. The van der Waals surface area contributed by atoms with E-state index in [4.69, 9.17) is 0 Å². The molecule has 0 amide bonds. The van der Waals surface area contributed by atoms with Crippen molar-refractivity contribution in [3.63, 3.8) is 0 Å². The summed E-state index contributed by atoms with van der Waals surface area (Å²) in [5.41, 5.74) is 0.909. The van der Waals surface area contributed by atoms with Crippen molar-refractivity contribution in [2.24, 2.45) is 0 Å². The van der Waals surface area contributed by atoms with Gasteiger partial charge in [0.15, 0.2) is 0 Å². The van der Waals surface area contributed by atoms with Crippen molar-refractivity contribution in [2.75, 3.05) is 31.1 Å². The minimum absolute atomic E-state index is 0.00662. The van der Waals surface area contributed by atoms with E-state index in [9.17, 15) is 4.79 Å². The molecule has 0 saturated carbocycles. The van der Waals surface area contributed by atoms with Gasteiger partial charge in [0.1, 0.15) is 0 Å². The number of hydrogen-bond acceptors (Lipinski definition) is 4. The largest absolute Gasteiger partial charge is 0.371 e. The van der Waals surface area contributed by atoms with Gasteiger partial charge < -0.3 is 10.2 Å². The van der Waals surface area contributed by atoms with Gasteiger partial charge in [0.05, 0.1) is 11.9 Å². The third kappa shape index (κ3) is 5.03. The average Bonchev–Trinajstić information content (AvgIpc) is 2.42. The zero-order valence-corrected chi connectivity index (χ0v) is 12.4. The van der Waals surface area contributed by atoms with Gasteiger partial charge in [0.25, 0.3) is 5.56 Å². The van der Waals surface area contributed by atoms with Crippen LogP contribution in [0.25, 0.3) is 0 Å². The monoisotopic (exact) mass is 266 g/mol. The van der Waals surface area contributed by atoms with Crippen molar-refractivity contribution in [1.82, 2.24) is 15.1 Å². The van der Waals surface area contributed by atoms with Crippen LogP contribution in [0.3, 0.4) is 0 Å². The third-order valence-electron chi connectivity index (χ3n) is 3.21. The second-order valence-electron chi connectivity index (χ2n) is 4.51. The number of aryl methyl sites for hydroxylation is 1. The van der Waals surface area contributed by atoms with Crippen LogP contribution < -0.4 is 15.8 Å². The molecule has 1 aromatic rings. The van der Waals surface area contributed by atoms with E-state index in [1.807, 2.05) is 0 Å². The first-order valence-corrected chi connectivity index (χ1v) is 7.25. The molecule has 1 heterocycles. The van der Waals surface area contributed by atoms with E-state index in [1.54, 1.807) is 16.9 Å². The highest BCUT2D eigenvalue weighted by atomic mass is 16.1. The molecular weight excluding hydrogens is 240 g/mol. The molecule has 0 saturated heterocycles. The summed E-state index contributed by atoms with van der Waals surface area (Å²) in [5.74, 6) is 0. The Morgan fingerprint density at radius 1 is 1.26 bits per heavy atom. The van der Waals surface area contributed by atoms with Crippen LogP contribution in [0, 0.1) is 0 Å². The predicted octanol–water partition coefficient (Wildman–Crippen LogP) is 1.48. The molecule has 1 rings (SSSR count). The zero-order valence-electron chi connectivity index (χ0n) is 12.4. The summed E-state index contributed by atoms with van der Waals surface area (Å²) in [6, 6.07) is 1.68. The number of nitrogens with one attached hydrogen (secondary N) is 1. The fraction of sp³-hybridized carbons (Fsp3) is 0.714. The molecule has 0 aromatic carbocycles. The van der Waals surface area contributed by atoms with E-state index >= 15 is 0 Å². The van der Waals surface area contributed by atoms with Crippen LogP contribution in [-0.4, -0.2) is 36.0 Å². The molecular formula is C14H26N4O. The van der Waals surface area contributed by atoms with Gasteiger partial charge in [0, 0.05) is 25.7 Å². The summed E-state index contributed by atoms with van der Waals surface area (Å²) in [6.07, 6.45) is 3.84. The Balaban J connectivity index is 2.55. The number of unbranched alkanes of at least 4 members (excludes halogenated alkanes) is 1. The van der Waals surface area contributed by atoms with Crippen molar-refractivity contribution in [1.29, 1.82) is 0 Å². The van der Waals surface area contributed by atoms with Gasteiger partial charge in [-0.2, -0.15) is 5.10 Å². The lowest BCUT2D eigenvalue weighted by atomic mass is 10.3. The summed E-state index contributed by atoms with van der Waals surface area (Å²) in [7, 11) is 0. The van der Waals surface area contributed by atoms with Crippen LogP contribution >= 0.6 is 0 Å². The molecule has 0 spiro atoms. The Kier molecular flexibility index (Phi) is 7.18. The van der Waals surface area contributed by atoms with E-state index in [0.717, 1.165) is 44.7 Å². The molecule has 0 aliphatic heterocycles. The van der Waals surface area contributed by atoms with Crippen LogP contribution in [-0.2, 0) is 6.54 Å². The second-order valence-corrected chi connectivity index (χ2v) is 4.51. The Hall–Kier alpha value is -1.36. The van der Waals surface area contributed by atoms with Crippen molar-refractivity contribution < 1.29 is 0 Å². The highest BCUT2D eigenvalue weighted by molar-refractivity contribution is 5.42. The predicted molar refractivity (Wildman–Crippen MR) is 79.8 cm³/mol. The van der Waals surface area contributed by atoms with Crippen LogP contribution in [0.15, 0.2) is 17.1 Å². The van der Waals surface area contributed by atoms with Gasteiger partial charge in [-0.15, -0.1) is 0 Å². The molecule has 0 bridgehead atoms. The molecule has 0 unspecified atom stereocenters. The molecule has 0 radical (unpaired) electrons. The number of aromatic nitrogens is 2. The molecule has 1 N–H and O–H groups in total. The van der Waals surface area contributed by atoms with E-state index in [-0.39, 0.29) is 5.56 Å². The van der Waals surface area contributed by atoms with Crippen LogP contribution in [0.2, 0.25) is 0 Å². The third-order valence-corrected chi connectivity index (χ3v) is 3.21. The molecule has 0 atom stereocenters. The first-order chi connectivity index (χ1) is 9.22. The average molecular weight is 266 g/mol. The summed E-state index contributed by atoms with van der Waals surface area (Å²) in [6.45, 7) is 10.7. The standard InChI is InChI=1S/C14H26N4O/c1-4-15-9-7-8-10-18-14(19)11-13(12-16-18)17(5-2)6-3/h11-12,15H,4-10H2,1-3H3. The topological polar surface area (TPSA) is 50.2 Å². The minimum atomic E-state index is -0.00662. The smallest absolute Gasteiger partial charge is 0.268 e. The SMILES string of the molecule is CCNCCCCn1ncc(N(CC)CC)cc1=O. The van der Waals surface area contributed by atoms with Crippen molar-refractivity contribution in [3.05, 3.63) is 22.6 Å². The molecule has 1 aromatic heterocycles. The van der Waals surface area contributed by atoms with E-state index < -0.39 is 0 Å². The van der Waals surface area contributed by atoms with Crippen molar-refractivity contribution in [2.45, 2.75) is 40.2 Å². The normalized spacial score (nSPS) is 10.7. The number of hydrogen-bond donors (Lipinski definition) is 1. The maximum Gasteiger partial charge on any atom is 0.268 e. The molecule has 5 heteroatoms. The number of nitrogens with zero attached hydrogens (tertiary/aromatic N) is 3. The van der Waals surface area contributed by atoms with Crippen molar-refractivity contribution in [3.8, 4) is 0 Å². The lowest BCUT2D eigenvalue weighted by Gasteiger charge is -2.20. The minimum Gasteiger partial charge on any atom is -0.371 e. The van der Waals surface area contributed by atoms with Gasteiger partial charge in [0.2, 0.25) is 0 Å². The highest BCUT2D eigenvalue weighted by Gasteiger charge is 2.05. The molecule has 5 nitrogen and oxygen atoms in total. The van der Waals surface area contributed by atoms with E-state index in [0.29, 0.717) is 6.54 Å². The van der Waals surface area contributed by atoms with Gasteiger partial charge >= 0.3 is 0 Å². The van der Waals surface area contributed by atoms with Gasteiger partial charge in [-0.05, 0) is 39.8 Å². The van der Waals surface area contributed by atoms with E-state index in [1.165, 1.54) is 0 Å². The number of rotatable bonds is 9. The second kappa shape index (κ2) is 8.69. The molecule has 0 aliphatic carbocycles. The van der Waals surface area contributed by atoms with Crippen LogP contribution in [0.4, 0.5) is 5.69 Å². The Morgan fingerprint density at radius 3 is 2.58 bits per heavy atom. The highest BCUT2D eigenvalue weighted by Crippen LogP contribution is 2.08. The summed E-state index contributed by atoms with van der Waals surface area (Å²) in [4.78, 5) is 14.1. The van der Waals surface area contributed by atoms with Crippen LogP contribution in [0.5, 0.6) is 0 Å². The first kappa shape index (κ1) is 15.7. The molecule has 108 valence electrons. The Morgan fingerprint density at radius 2 is 2.00 bits per heavy atom. The van der Waals surface area contributed by atoms with E-state index in [2.05, 4.69) is 36.1 Å². The molecule has 19 heavy (non-hydrogen) atoms. The number of anilines is 1. The van der Waals surface area contributed by atoms with Gasteiger partial charge in [-0.3, -0.25) is 4.79 Å². The van der Waals surface area contributed by atoms with Gasteiger partial charge in [-0.25, -0.2) is 4.68 Å².